The number of rotatable bonds is 7. The van der Waals surface area contributed by atoms with Crippen molar-refractivity contribution in [1.29, 1.82) is 0 Å². The summed E-state index contributed by atoms with van der Waals surface area (Å²) in [7, 11) is 4.13. The highest BCUT2D eigenvalue weighted by Crippen LogP contribution is 2.33. The average molecular weight is 310 g/mol. The van der Waals surface area contributed by atoms with Crippen molar-refractivity contribution in [2.24, 2.45) is 0 Å². The second kappa shape index (κ2) is 7.20. The van der Waals surface area contributed by atoms with Crippen LogP contribution in [0.25, 0.3) is 0 Å². The molecular formula is C15H23N3S2. The maximum Gasteiger partial charge on any atom is 0.186 e. The number of anilines is 1. The van der Waals surface area contributed by atoms with E-state index in [4.69, 9.17) is 4.98 Å². The zero-order valence-corrected chi connectivity index (χ0v) is 14.3. The fraction of sp³-hybridized carbons (Fsp3) is 0.533. The van der Waals surface area contributed by atoms with Gasteiger partial charge >= 0.3 is 0 Å². The molecule has 1 unspecified atom stereocenters. The molecule has 0 amide bonds. The molecule has 2 heterocycles. The van der Waals surface area contributed by atoms with Gasteiger partial charge in [-0.15, -0.1) is 22.7 Å². The van der Waals surface area contributed by atoms with Crippen LogP contribution in [0, 0.1) is 0 Å². The van der Waals surface area contributed by atoms with Crippen LogP contribution in [-0.2, 0) is 13.0 Å². The van der Waals surface area contributed by atoms with E-state index in [-0.39, 0.29) is 0 Å². The lowest BCUT2D eigenvalue weighted by Crippen LogP contribution is -2.20. The van der Waals surface area contributed by atoms with E-state index in [1.54, 1.807) is 0 Å². The Hall–Kier alpha value is -0.910. The van der Waals surface area contributed by atoms with Crippen molar-refractivity contribution < 1.29 is 0 Å². The Bertz CT molecular complexity index is 496. The zero-order valence-electron chi connectivity index (χ0n) is 12.6. The van der Waals surface area contributed by atoms with Crippen molar-refractivity contribution in [1.82, 2.24) is 10.3 Å². The third-order valence-corrected chi connectivity index (χ3v) is 5.66. The van der Waals surface area contributed by atoms with Crippen LogP contribution in [0.2, 0.25) is 0 Å². The summed E-state index contributed by atoms with van der Waals surface area (Å²) in [6.07, 6.45) is 2.21. The summed E-state index contributed by atoms with van der Waals surface area (Å²) in [5, 5.41) is 6.51. The first-order valence-corrected chi connectivity index (χ1v) is 8.76. The van der Waals surface area contributed by atoms with E-state index in [1.165, 1.54) is 15.4 Å². The smallest absolute Gasteiger partial charge is 0.186 e. The Labute approximate surface area is 129 Å². The summed E-state index contributed by atoms with van der Waals surface area (Å²) in [5.74, 6) is 0. The summed E-state index contributed by atoms with van der Waals surface area (Å²) >= 11 is 3.62. The number of hydrogen-bond acceptors (Lipinski definition) is 5. The fourth-order valence-electron chi connectivity index (χ4n) is 2.14. The van der Waals surface area contributed by atoms with Crippen LogP contribution < -0.4 is 10.2 Å². The van der Waals surface area contributed by atoms with E-state index < -0.39 is 0 Å². The minimum absolute atomic E-state index is 0.373. The summed E-state index contributed by atoms with van der Waals surface area (Å²) in [6.45, 7) is 5.36. The molecule has 0 aliphatic carbocycles. The molecule has 110 valence electrons. The van der Waals surface area contributed by atoms with Crippen LogP contribution in [0.1, 0.15) is 41.8 Å². The number of hydrogen-bond donors (Lipinski definition) is 1. The Kier molecular flexibility index (Phi) is 5.57. The maximum atomic E-state index is 4.86. The van der Waals surface area contributed by atoms with Crippen LogP contribution in [-0.4, -0.2) is 19.1 Å². The Morgan fingerprint density at radius 1 is 1.45 bits per heavy atom. The summed E-state index contributed by atoms with van der Waals surface area (Å²) in [5.41, 5.74) is 1.26. The van der Waals surface area contributed by atoms with Crippen molar-refractivity contribution in [3.63, 3.8) is 0 Å². The molecule has 0 aliphatic rings. The largest absolute Gasteiger partial charge is 0.344 e. The Balaban J connectivity index is 2.20. The Morgan fingerprint density at radius 2 is 2.25 bits per heavy atom. The molecule has 0 aromatic carbocycles. The first-order valence-electron chi connectivity index (χ1n) is 7.06. The molecule has 3 nitrogen and oxygen atoms in total. The predicted octanol–water partition coefficient (Wildman–Crippen LogP) is 4.07. The molecule has 20 heavy (non-hydrogen) atoms. The zero-order chi connectivity index (χ0) is 14.5. The molecule has 0 aliphatic heterocycles. The molecule has 1 N–H and O–H groups in total. The van der Waals surface area contributed by atoms with Gasteiger partial charge in [0.05, 0.1) is 11.7 Å². The van der Waals surface area contributed by atoms with E-state index >= 15 is 0 Å². The van der Waals surface area contributed by atoms with E-state index in [2.05, 4.69) is 48.6 Å². The molecule has 0 spiro atoms. The summed E-state index contributed by atoms with van der Waals surface area (Å²) in [6, 6.07) is 4.68. The number of thiazole rings is 1. The number of nitrogens with zero attached hydrogens (tertiary/aromatic N) is 2. The van der Waals surface area contributed by atoms with Gasteiger partial charge in [0.1, 0.15) is 0 Å². The van der Waals surface area contributed by atoms with Gasteiger partial charge in [0.15, 0.2) is 5.13 Å². The van der Waals surface area contributed by atoms with Gasteiger partial charge in [0.2, 0.25) is 0 Å². The van der Waals surface area contributed by atoms with Crippen molar-refractivity contribution in [2.45, 2.75) is 39.3 Å². The van der Waals surface area contributed by atoms with E-state index in [1.807, 2.05) is 29.7 Å². The standard InChI is InChI=1S/C15H23N3S2/c1-5-7-12-14(10-16-3)20-15(17-12)18(4)11(2)13-8-6-9-19-13/h6,8-9,11,16H,5,7,10H2,1-4H3. The monoisotopic (exact) mass is 309 g/mol. The lowest BCUT2D eigenvalue weighted by molar-refractivity contribution is 0.745. The third kappa shape index (κ3) is 3.40. The van der Waals surface area contributed by atoms with Gasteiger partial charge in [-0.05, 0) is 31.8 Å². The van der Waals surface area contributed by atoms with Gasteiger partial charge < -0.3 is 10.2 Å². The first kappa shape index (κ1) is 15.5. The van der Waals surface area contributed by atoms with Crippen LogP contribution >= 0.6 is 22.7 Å². The Morgan fingerprint density at radius 3 is 2.85 bits per heavy atom. The second-order valence-corrected chi connectivity index (χ2v) is 6.99. The van der Waals surface area contributed by atoms with Crippen molar-refractivity contribution in [3.05, 3.63) is 33.0 Å². The molecule has 0 saturated carbocycles. The minimum atomic E-state index is 0.373. The number of aryl methyl sites for hydroxylation is 1. The van der Waals surface area contributed by atoms with Gasteiger partial charge in [-0.25, -0.2) is 4.98 Å². The number of aromatic nitrogens is 1. The second-order valence-electron chi connectivity index (χ2n) is 4.95. The highest BCUT2D eigenvalue weighted by molar-refractivity contribution is 7.15. The van der Waals surface area contributed by atoms with Crippen LogP contribution in [0.15, 0.2) is 17.5 Å². The van der Waals surface area contributed by atoms with Crippen molar-refractivity contribution in [2.75, 3.05) is 19.0 Å². The molecule has 2 rings (SSSR count). The molecule has 2 aromatic heterocycles. The highest BCUT2D eigenvalue weighted by atomic mass is 32.1. The van der Waals surface area contributed by atoms with E-state index in [0.717, 1.165) is 24.5 Å². The molecule has 2 aromatic rings. The van der Waals surface area contributed by atoms with Gasteiger partial charge in [-0.1, -0.05) is 19.4 Å². The molecule has 1 atom stereocenters. The van der Waals surface area contributed by atoms with Crippen LogP contribution in [0.3, 0.4) is 0 Å². The highest BCUT2D eigenvalue weighted by Gasteiger charge is 2.18. The van der Waals surface area contributed by atoms with Gasteiger partial charge in [0.25, 0.3) is 0 Å². The van der Waals surface area contributed by atoms with Crippen LogP contribution in [0.5, 0.6) is 0 Å². The molecule has 5 heteroatoms. The normalized spacial score (nSPS) is 12.6. The lowest BCUT2D eigenvalue weighted by atomic mass is 10.2. The molecule has 0 bridgehead atoms. The topological polar surface area (TPSA) is 28.2 Å². The fourth-order valence-corrected chi connectivity index (χ4v) is 4.12. The molecular weight excluding hydrogens is 286 g/mol. The molecule has 0 saturated heterocycles. The SMILES string of the molecule is CCCc1nc(N(C)C(C)c2cccs2)sc1CNC. The van der Waals surface area contributed by atoms with Crippen LogP contribution in [0.4, 0.5) is 5.13 Å². The first-order chi connectivity index (χ1) is 9.67. The number of thiophene rings is 1. The summed E-state index contributed by atoms with van der Waals surface area (Å²) in [4.78, 5) is 9.90. The van der Waals surface area contributed by atoms with Crippen molar-refractivity contribution in [3.8, 4) is 0 Å². The van der Waals surface area contributed by atoms with Crippen molar-refractivity contribution >= 4 is 27.8 Å². The van der Waals surface area contributed by atoms with Gasteiger partial charge in [-0.2, -0.15) is 0 Å². The summed E-state index contributed by atoms with van der Waals surface area (Å²) < 4.78 is 0. The van der Waals surface area contributed by atoms with E-state index in [9.17, 15) is 0 Å². The van der Waals surface area contributed by atoms with E-state index in [0.29, 0.717) is 6.04 Å². The van der Waals surface area contributed by atoms with Gasteiger partial charge in [-0.3, -0.25) is 0 Å². The predicted molar refractivity (Wildman–Crippen MR) is 90.0 cm³/mol. The third-order valence-electron chi connectivity index (χ3n) is 3.43. The minimum Gasteiger partial charge on any atom is -0.344 e. The maximum absolute atomic E-state index is 4.86. The number of nitrogens with one attached hydrogen (secondary N) is 1. The molecule has 0 fully saturated rings. The van der Waals surface area contributed by atoms with Gasteiger partial charge in [0, 0.05) is 23.3 Å². The molecule has 0 radical (unpaired) electrons. The lowest BCUT2D eigenvalue weighted by Gasteiger charge is -2.23. The average Bonchev–Trinajstić information content (AvgIpc) is 3.08. The quantitative estimate of drug-likeness (QED) is 0.835.